The van der Waals surface area contributed by atoms with Crippen molar-refractivity contribution >= 4 is 31.5 Å². The summed E-state index contributed by atoms with van der Waals surface area (Å²) in [7, 11) is -9.55. The molecule has 0 radical (unpaired) electrons. The number of benzene rings is 2. The highest BCUT2D eigenvalue weighted by Crippen LogP contribution is 3.02. The molecule has 212 valence electrons. The van der Waals surface area contributed by atoms with Gasteiger partial charge in [-0.2, -0.15) is 0 Å². The van der Waals surface area contributed by atoms with Crippen LogP contribution in [0.5, 0.6) is 0 Å². The number of hydrogen-bond donors (Lipinski definition) is 2. The van der Waals surface area contributed by atoms with Gasteiger partial charge < -0.3 is 10.2 Å². The summed E-state index contributed by atoms with van der Waals surface area (Å²) >= 11 is 0. The van der Waals surface area contributed by atoms with Crippen molar-refractivity contribution in [3.8, 4) is 11.1 Å². The summed E-state index contributed by atoms with van der Waals surface area (Å²) in [6, 6.07) is 12.8. The lowest BCUT2D eigenvalue weighted by atomic mass is 9.95. The summed E-state index contributed by atoms with van der Waals surface area (Å²) in [5.74, 6) is -0.208. The fraction of sp³-hybridized carbons (Fsp3) is 0.308. The van der Waals surface area contributed by atoms with Crippen LogP contribution < -0.4 is 5.32 Å². The maximum absolute atomic E-state index is 13.4. The molecule has 2 aromatic carbocycles. The van der Waals surface area contributed by atoms with Crippen molar-refractivity contribution in [3.05, 3.63) is 72.6 Å². The lowest BCUT2D eigenvalue weighted by molar-refractivity contribution is 0.0822. The normalized spacial score (nSPS) is 21.2. The van der Waals surface area contributed by atoms with Gasteiger partial charge in [0.05, 0.1) is 9.73 Å². The van der Waals surface area contributed by atoms with E-state index in [0.29, 0.717) is 54.1 Å². The number of halogens is 5. The van der Waals surface area contributed by atoms with Crippen molar-refractivity contribution in [2.24, 2.45) is 0 Å². The van der Waals surface area contributed by atoms with Crippen LogP contribution in [0.1, 0.15) is 36.2 Å². The van der Waals surface area contributed by atoms with E-state index in [0.717, 1.165) is 23.3 Å². The van der Waals surface area contributed by atoms with Gasteiger partial charge in [-0.3, -0.25) is 9.78 Å². The Bertz CT molecular complexity index is 1450. The molecule has 1 aliphatic carbocycles. The number of anilines is 1. The third-order valence-electron chi connectivity index (χ3n) is 6.74. The smallest absolute Gasteiger partial charge is 0.310 e. The molecule has 1 unspecified atom stereocenters. The highest BCUT2D eigenvalue weighted by atomic mass is 32.5. The second-order valence-electron chi connectivity index (χ2n) is 9.87. The molecule has 39 heavy (non-hydrogen) atoms. The number of pyridine rings is 1. The summed E-state index contributed by atoms with van der Waals surface area (Å²) < 4.78 is 86.7. The van der Waals surface area contributed by atoms with Gasteiger partial charge in [-0.15, -0.1) is 0 Å². The van der Waals surface area contributed by atoms with Crippen molar-refractivity contribution < 1.29 is 28.4 Å². The van der Waals surface area contributed by atoms with E-state index in [-0.39, 0.29) is 11.9 Å². The highest BCUT2D eigenvalue weighted by molar-refractivity contribution is 8.45. The maximum atomic E-state index is 13.4. The van der Waals surface area contributed by atoms with Gasteiger partial charge in [0, 0.05) is 47.7 Å². The Balaban J connectivity index is 1.37. The SMILES string of the molecule is CN(C)C(=O)c1ccc(-c2ccc(S(=N)(=O)C3CCC(Nc4ccc(S(F)(F)(F)(F)F)cc4)CC3)cc2)cn1. The average molecular weight is 589 g/mol. The standard InChI is InChI=1S/C26H29F5N4O2S2/c1-35(2)26(36)25-16-5-19(17-33-25)18-3-10-22(11-4-18)38(32,37)23-12-6-20(7-13-23)34-21-8-14-24(15-9-21)39(27,28,29,30)31/h3-5,8-11,14-17,20,23,32,34H,6-7,12-13H2,1-2H3. The first-order valence-electron chi connectivity index (χ1n) is 12.1. The van der Waals surface area contributed by atoms with Crippen LogP contribution in [0.3, 0.4) is 0 Å². The molecule has 6 nitrogen and oxygen atoms in total. The lowest BCUT2D eigenvalue weighted by Gasteiger charge is -2.40. The molecular weight excluding hydrogens is 559 g/mol. The van der Waals surface area contributed by atoms with E-state index in [1.54, 1.807) is 56.7 Å². The number of nitrogens with one attached hydrogen (secondary N) is 2. The van der Waals surface area contributed by atoms with Gasteiger partial charge in [-0.1, -0.05) is 37.6 Å². The molecular formula is C26H29F5N4O2S2. The molecule has 0 bridgehead atoms. The predicted molar refractivity (Wildman–Crippen MR) is 144 cm³/mol. The van der Waals surface area contributed by atoms with Gasteiger partial charge in [-0.25, -0.2) is 8.99 Å². The molecule has 1 aromatic heterocycles. The summed E-state index contributed by atoms with van der Waals surface area (Å²) in [6.07, 6.45) is 3.59. The minimum atomic E-state index is -9.71. The van der Waals surface area contributed by atoms with Gasteiger partial charge in [0.25, 0.3) is 5.91 Å². The molecule has 0 spiro atoms. The van der Waals surface area contributed by atoms with Gasteiger partial charge in [-0.05, 0) is 73.7 Å². The van der Waals surface area contributed by atoms with E-state index in [1.165, 1.54) is 4.90 Å². The average Bonchev–Trinajstić information content (AvgIpc) is 2.88. The van der Waals surface area contributed by atoms with Crippen LogP contribution in [0.25, 0.3) is 11.1 Å². The zero-order chi connectivity index (χ0) is 28.7. The van der Waals surface area contributed by atoms with E-state index < -0.39 is 30.1 Å². The highest BCUT2D eigenvalue weighted by Gasteiger charge is 2.65. The Morgan fingerprint density at radius 1 is 0.897 bits per heavy atom. The third-order valence-corrected chi connectivity index (χ3v) is 10.3. The topological polar surface area (TPSA) is 86.2 Å². The minimum Gasteiger partial charge on any atom is -0.382 e. The number of hydrogen-bond acceptors (Lipinski definition) is 5. The van der Waals surface area contributed by atoms with Crippen LogP contribution in [0.4, 0.5) is 25.1 Å². The molecule has 1 heterocycles. The van der Waals surface area contributed by atoms with Gasteiger partial charge in [0.15, 0.2) is 0 Å². The van der Waals surface area contributed by atoms with Crippen molar-refractivity contribution in [3.63, 3.8) is 0 Å². The van der Waals surface area contributed by atoms with Crippen molar-refractivity contribution in [2.45, 2.75) is 46.8 Å². The molecule has 1 amide bonds. The largest absolute Gasteiger partial charge is 0.382 e. The molecule has 0 saturated heterocycles. The fourth-order valence-corrected chi connectivity index (χ4v) is 7.06. The van der Waals surface area contributed by atoms with Crippen LogP contribution in [0, 0.1) is 4.78 Å². The lowest BCUT2D eigenvalue weighted by Crippen LogP contribution is -2.32. The first kappa shape index (κ1) is 28.8. The molecule has 1 atom stereocenters. The Kier molecular flexibility index (Phi) is 7.00. The maximum Gasteiger partial charge on any atom is 0.310 e. The number of rotatable bonds is 7. The summed E-state index contributed by atoms with van der Waals surface area (Å²) in [5, 5.41) is 2.66. The number of carbonyl (C=O) groups is 1. The van der Waals surface area contributed by atoms with E-state index in [4.69, 9.17) is 4.78 Å². The second kappa shape index (κ2) is 9.47. The quantitative estimate of drug-likeness (QED) is 0.275. The molecule has 4 rings (SSSR count). The van der Waals surface area contributed by atoms with Crippen LogP contribution in [-0.4, -0.2) is 45.4 Å². The first-order chi connectivity index (χ1) is 17.9. The van der Waals surface area contributed by atoms with Crippen molar-refractivity contribution in [2.75, 3.05) is 19.4 Å². The Labute approximate surface area is 224 Å². The zero-order valence-corrected chi connectivity index (χ0v) is 22.9. The van der Waals surface area contributed by atoms with Crippen LogP contribution in [0.2, 0.25) is 0 Å². The number of carbonyl (C=O) groups excluding carboxylic acids is 1. The number of nitrogens with zero attached hydrogens (tertiary/aromatic N) is 2. The Morgan fingerprint density at radius 2 is 1.46 bits per heavy atom. The number of aromatic nitrogens is 1. The molecule has 13 heteroatoms. The van der Waals surface area contributed by atoms with Gasteiger partial charge in [0.1, 0.15) is 10.6 Å². The van der Waals surface area contributed by atoms with Crippen LogP contribution in [-0.2, 0) is 9.73 Å². The van der Waals surface area contributed by atoms with E-state index in [1.807, 2.05) is 0 Å². The monoisotopic (exact) mass is 588 g/mol. The zero-order valence-electron chi connectivity index (χ0n) is 21.3. The second-order valence-corrected chi connectivity index (χ2v) is 14.6. The van der Waals surface area contributed by atoms with Gasteiger partial charge >= 0.3 is 10.2 Å². The fourth-order valence-electron chi connectivity index (χ4n) is 4.55. The molecule has 0 aliphatic heterocycles. The first-order valence-corrected chi connectivity index (χ1v) is 15.7. The van der Waals surface area contributed by atoms with Crippen molar-refractivity contribution in [1.29, 1.82) is 4.78 Å². The molecule has 1 fully saturated rings. The van der Waals surface area contributed by atoms with E-state index in [9.17, 15) is 28.4 Å². The van der Waals surface area contributed by atoms with Crippen LogP contribution >= 0.6 is 10.2 Å². The summed E-state index contributed by atoms with van der Waals surface area (Å²) in [4.78, 5) is 16.1. The minimum absolute atomic E-state index is 0.139. The van der Waals surface area contributed by atoms with E-state index in [2.05, 4.69) is 10.3 Å². The number of amides is 1. The summed E-state index contributed by atoms with van der Waals surface area (Å²) in [6.45, 7) is 0. The van der Waals surface area contributed by atoms with Gasteiger partial charge in [0.2, 0.25) is 0 Å². The molecule has 1 saturated carbocycles. The molecule has 3 aromatic rings. The summed E-state index contributed by atoms with van der Waals surface area (Å²) in [5.41, 5.74) is 2.18. The van der Waals surface area contributed by atoms with Crippen LogP contribution in [0.15, 0.2) is 76.7 Å². The Hall–Kier alpha value is -3.19. The predicted octanol–water partition coefficient (Wildman–Crippen LogP) is 7.94. The molecule has 2 N–H and O–H groups in total. The van der Waals surface area contributed by atoms with E-state index >= 15 is 0 Å². The Morgan fingerprint density at radius 3 is 1.95 bits per heavy atom. The molecule has 1 aliphatic rings. The third kappa shape index (κ3) is 6.70. The van der Waals surface area contributed by atoms with Crippen molar-refractivity contribution in [1.82, 2.24) is 9.88 Å².